The number of benzene rings is 1. The van der Waals surface area contributed by atoms with Crippen molar-refractivity contribution in [2.45, 2.75) is 32.4 Å². The summed E-state index contributed by atoms with van der Waals surface area (Å²) in [5, 5.41) is 14.1. The molecule has 1 aliphatic rings. The molecule has 114 valence electrons. The zero-order chi connectivity index (χ0) is 15.6. The smallest absolute Gasteiger partial charge is 0.271 e. The molecule has 0 bridgehead atoms. The first kappa shape index (κ1) is 15.2. The van der Waals surface area contributed by atoms with Crippen molar-refractivity contribution < 1.29 is 14.5 Å². The third kappa shape index (κ3) is 3.13. The van der Waals surface area contributed by atoms with E-state index in [0.29, 0.717) is 24.4 Å². The molecule has 1 aromatic rings. The Morgan fingerprint density at radius 3 is 2.76 bits per heavy atom. The van der Waals surface area contributed by atoms with E-state index in [1.807, 2.05) is 13.8 Å². The Balaban J connectivity index is 2.31. The van der Waals surface area contributed by atoms with Crippen molar-refractivity contribution >= 4 is 17.3 Å². The Hall–Kier alpha value is -2.15. The van der Waals surface area contributed by atoms with Gasteiger partial charge in [0.2, 0.25) is 5.91 Å². The summed E-state index contributed by atoms with van der Waals surface area (Å²) in [6, 6.07) is 4.21. The lowest BCUT2D eigenvalue weighted by Crippen LogP contribution is -2.41. The number of rotatable bonds is 5. The van der Waals surface area contributed by atoms with Gasteiger partial charge >= 0.3 is 0 Å². The number of nitro groups is 1. The Kier molecular flexibility index (Phi) is 4.42. The lowest BCUT2D eigenvalue weighted by molar-refractivity contribution is -0.384. The number of ether oxygens (including phenoxy) is 1. The summed E-state index contributed by atoms with van der Waals surface area (Å²) >= 11 is 0. The van der Waals surface area contributed by atoms with E-state index in [4.69, 9.17) is 4.74 Å². The van der Waals surface area contributed by atoms with Crippen molar-refractivity contribution in [2.24, 2.45) is 0 Å². The Morgan fingerprint density at radius 1 is 1.48 bits per heavy atom. The summed E-state index contributed by atoms with van der Waals surface area (Å²) in [7, 11) is 1.48. The Morgan fingerprint density at radius 2 is 2.19 bits per heavy atom. The molecule has 2 rings (SSSR count). The standard InChI is InChI=1S/C14H19N3O4/c1-9(2)15-11-6-7-16(14(11)18)12-8-10(17(19)20)4-5-13(12)21-3/h4-5,8-9,11,15H,6-7H2,1-3H3. The normalized spacial score (nSPS) is 18.4. The summed E-state index contributed by atoms with van der Waals surface area (Å²) in [6.45, 7) is 4.47. The van der Waals surface area contributed by atoms with E-state index in [1.165, 1.54) is 25.3 Å². The van der Waals surface area contributed by atoms with Crippen molar-refractivity contribution in [2.75, 3.05) is 18.6 Å². The number of methoxy groups -OCH3 is 1. The van der Waals surface area contributed by atoms with Crippen LogP contribution in [0.15, 0.2) is 18.2 Å². The Labute approximate surface area is 123 Å². The SMILES string of the molecule is COc1ccc([N+](=O)[O-])cc1N1CCC(NC(C)C)C1=O. The van der Waals surface area contributed by atoms with Crippen LogP contribution in [0.1, 0.15) is 20.3 Å². The van der Waals surface area contributed by atoms with Crippen molar-refractivity contribution in [3.8, 4) is 5.75 Å². The molecule has 1 N–H and O–H groups in total. The van der Waals surface area contributed by atoms with E-state index in [0.717, 1.165) is 0 Å². The molecule has 1 fully saturated rings. The number of nitro benzene ring substituents is 1. The molecule has 7 heteroatoms. The summed E-state index contributed by atoms with van der Waals surface area (Å²) in [4.78, 5) is 24.4. The predicted octanol–water partition coefficient (Wildman–Crippen LogP) is 1.71. The molecule has 0 aliphatic carbocycles. The maximum Gasteiger partial charge on any atom is 0.271 e. The number of amides is 1. The number of hydrogen-bond acceptors (Lipinski definition) is 5. The van der Waals surface area contributed by atoms with Gasteiger partial charge in [-0.05, 0) is 12.5 Å². The zero-order valence-corrected chi connectivity index (χ0v) is 12.3. The third-order valence-corrected chi connectivity index (χ3v) is 3.40. The highest BCUT2D eigenvalue weighted by molar-refractivity contribution is 6.00. The second-order valence-corrected chi connectivity index (χ2v) is 5.27. The van der Waals surface area contributed by atoms with Crippen LogP contribution in [0.5, 0.6) is 5.75 Å². The van der Waals surface area contributed by atoms with Crippen LogP contribution in [-0.4, -0.2) is 36.6 Å². The van der Waals surface area contributed by atoms with Crippen molar-refractivity contribution in [1.29, 1.82) is 0 Å². The van der Waals surface area contributed by atoms with Crippen LogP contribution in [0.2, 0.25) is 0 Å². The van der Waals surface area contributed by atoms with Crippen LogP contribution in [0.4, 0.5) is 11.4 Å². The molecule has 1 amide bonds. The van der Waals surface area contributed by atoms with Gasteiger partial charge in [-0.15, -0.1) is 0 Å². The molecule has 21 heavy (non-hydrogen) atoms. The molecule has 1 aromatic carbocycles. The van der Waals surface area contributed by atoms with E-state index in [2.05, 4.69) is 5.32 Å². The van der Waals surface area contributed by atoms with Gasteiger partial charge in [0, 0.05) is 24.7 Å². The fourth-order valence-corrected chi connectivity index (χ4v) is 2.48. The molecule has 0 radical (unpaired) electrons. The number of hydrogen-bond donors (Lipinski definition) is 1. The van der Waals surface area contributed by atoms with Gasteiger partial charge in [-0.1, -0.05) is 13.8 Å². The second kappa shape index (κ2) is 6.09. The number of carbonyl (C=O) groups is 1. The van der Waals surface area contributed by atoms with Gasteiger partial charge in [-0.3, -0.25) is 14.9 Å². The second-order valence-electron chi connectivity index (χ2n) is 5.27. The average Bonchev–Trinajstić information content (AvgIpc) is 2.78. The molecule has 1 heterocycles. The monoisotopic (exact) mass is 293 g/mol. The largest absolute Gasteiger partial charge is 0.495 e. The van der Waals surface area contributed by atoms with Gasteiger partial charge in [-0.25, -0.2) is 0 Å². The minimum absolute atomic E-state index is 0.0566. The molecule has 7 nitrogen and oxygen atoms in total. The predicted molar refractivity (Wildman–Crippen MR) is 78.7 cm³/mol. The van der Waals surface area contributed by atoms with E-state index in [-0.39, 0.29) is 23.7 Å². The summed E-state index contributed by atoms with van der Waals surface area (Å²) < 4.78 is 5.22. The number of non-ortho nitro benzene ring substituents is 1. The minimum Gasteiger partial charge on any atom is -0.495 e. The molecule has 1 saturated heterocycles. The first-order valence-corrected chi connectivity index (χ1v) is 6.84. The van der Waals surface area contributed by atoms with Crippen molar-refractivity contribution in [3.63, 3.8) is 0 Å². The first-order valence-electron chi connectivity index (χ1n) is 6.84. The van der Waals surface area contributed by atoms with Crippen LogP contribution < -0.4 is 15.0 Å². The Bertz CT molecular complexity index is 559. The zero-order valence-electron chi connectivity index (χ0n) is 12.3. The number of carbonyl (C=O) groups excluding carboxylic acids is 1. The van der Waals surface area contributed by atoms with E-state index >= 15 is 0 Å². The summed E-state index contributed by atoms with van der Waals surface area (Å²) in [6.07, 6.45) is 0.670. The molecule has 0 spiro atoms. The maximum atomic E-state index is 12.4. The molecule has 1 unspecified atom stereocenters. The van der Waals surface area contributed by atoms with Gasteiger partial charge in [0.15, 0.2) is 0 Å². The topological polar surface area (TPSA) is 84.7 Å². The van der Waals surface area contributed by atoms with Crippen LogP contribution in [0.3, 0.4) is 0 Å². The highest BCUT2D eigenvalue weighted by Gasteiger charge is 2.34. The van der Waals surface area contributed by atoms with Gasteiger partial charge in [0.1, 0.15) is 5.75 Å². The fraction of sp³-hybridized carbons (Fsp3) is 0.500. The number of nitrogens with zero attached hydrogens (tertiary/aromatic N) is 2. The number of nitrogens with one attached hydrogen (secondary N) is 1. The lowest BCUT2D eigenvalue weighted by Gasteiger charge is -2.20. The summed E-state index contributed by atoms with van der Waals surface area (Å²) in [5.74, 6) is 0.377. The maximum absolute atomic E-state index is 12.4. The van der Waals surface area contributed by atoms with E-state index < -0.39 is 4.92 Å². The molecule has 0 saturated carbocycles. The van der Waals surface area contributed by atoms with Crippen LogP contribution in [-0.2, 0) is 4.79 Å². The van der Waals surface area contributed by atoms with E-state index in [1.54, 1.807) is 4.90 Å². The highest BCUT2D eigenvalue weighted by Crippen LogP contribution is 2.34. The third-order valence-electron chi connectivity index (χ3n) is 3.40. The molecule has 1 aliphatic heterocycles. The lowest BCUT2D eigenvalue weighted by atomic mass is 10.2. The van der Waals surface area contributed by atoms with Gasteiger partial charge < -0.3 is 15.0 Å². The number of anilines is 1. The van der Waals surface area contributed by atoms with Crippen LogP contribution in [0.25, 0.3) is 0 Å². The van der Waals surface area contributed by atoms with E-state index in [9.17, 15) is 14.9 Å². The first-order chi connectivity index (χ1) is 9.93. The minimum atomic E-state index is -0.479. The highest BCUT2D eigenvalue weighted by atomic mass is 16.6. The molecule has 1 atom stereocenters. The average molecular weight is 293 g/mol. The quantitative estimate of drug-likeness (QED) is 0.660. The van der Waals surface area contributed by atoms with Gasteiger partial charge in [0.05, 0.1) is 23.8 Å². The molecular weight excluding hydrogens is 274 g/mol. The van der Waals surface area contributed by atoms with Crippen molar-refractivity contribution in [3.05, 3.63) is 28.3 Å². The molecular formula is C14H19N3O4. The molecule has 0 aromatic heterocycles. The summed E-state index contributed by atoms with van der Waals surface area (Å²) in [5.41, 5.74) is 0.392. The van der Waals surface area contributed by atoms with Crippen LogP contribution >= 0.6 is 0 Å². The van der Waals surface area contributed by atoms with Gasteiger partial charge in [-0.2, -0.15) is 0 Å². The van der Waals surface area contributed by atoms with Crippen LogP contribution in [0, 0.1) is 10.1 Å². The fourth-order valence-electron chi connectivity index (χ4n) is 2.48. The van der Waals surface area contributed by atoms with Crippen molar-refractivity contribution in [1.82, 2.24) is 5.32 Å². The van der Waals surface area contributed by atoms with Gasteiger partial charge in [0.25, 0.3) is 5.69 Å².